The monoisotopic (exact) mass is 542 g/mol. The van der Waals surface area contributed by atoms with Crippen LogP contribution in [0, 0.1) is 0 Å². The maximum absolute atomic E-state index is 13.1. The number of phenolic OH excluding ortho intramolecular Hbond substituents is 1. The molecule has 0 aromatic heterocycles. The molecule has 0 heterocycles. The summed E-state index contributed by atoms with van der Waals surface area (Å²) < 4.78 is 0. The molecule has 3 amide bonds. The summed E-state index contributed by atoms with van der Waals surface area (Å²) in [5.74, 6) is -6.86. The fourth-order valence-corrected chi connectivity index (χ4v) is 3.53. The first-order chi connectivity index (χ1) is 17.3. The third-order valence-electron chi connectivity index (χ3n) is 4.98. The van der Waals surface area contributed by atoms with Crippen LogP contribution in [0.1, 0.15) is 24.8 Å². The van der Waals surface area contributed by atoms with Crippen molar-refractivity contribution in [2.75, 3.05) is 12.0 Å². The van der Waals surface area contributed by atoms with Crippen molar-refractivity contribution < 1.29 is 49.2 Å². The molecular weight excluding hydrogens is 512 g/mol. The van der Waals surface area contributed by atoms with E-state index in [9.17, 15) is 44.1 Å². The van der Waals surface area contributed by atoms with E-state index in [0.29, 0.717) is 11.3 Å². The highest BCUT2D eigenvalue weighted by Gasteiger charge is 2.32. The fourth-order valence-electron chi connectivity index (χ4n) is 3.06. The highest BCUT2D eigenvalue weighted by atomic mass is 32.2. The van der Waals surface area contributed by atoms with Gasteiger partial charge in [0.2, 0.25) is 17.7 Å². The predicted molar refractivity (Wildman–Crippen MR) is 131 cm³/mol. The van der Waals surface area contributed by atoms with Crippen LogP contribution in [-0.2, 0) is 35.2 Å². The number of phenols is 1. The van der Waals surface area contributed by atoms with Crippen LogP contribution in [0.25, 0.3) is 0 Å². The Morgan fingerprint density at radius 1 is 0.811 bits per heavy atom. The summed E-state index contributed by atoms with van der Waals surface area (Å²) in [4.78, 5) is 71.8. The number of carbonyl (C=O) groups excluding carboxylic acids is 3. The lowest BCUT2D eigenvalue weighted by Crippen LogP contribution is -2.58. The molecule has 1 aromatic rings. The minimum absolute atomic E-state index is 0.0526. The first-order valence-corrected chi connectivity index (χ1v) is 12.3. The number of carboxylic acid groups (broad SMARTS) is 3. The van der Waals surface area contributed by atoms with Crippen molar-refractivity contribution in [3.05, 3.63) is 29.8 Å². The number of aromatic hydroxyl groups is 1. The molecule has 0 saturated heterocycles. The van der Waals surface area contributed by atoms with E-state index in [4.69, 9.17) is 10.8 Å². The minimum Gasteiger partial charge on any atom is -0.508 e. The van der Waals surface area contributed by atoms with Gasteiger partial charge in [-0.25, -0.2) is 4.79 Å². The van der Waals surface area contributed by atoms with E-state index >= 15 is 0 Å². The molecule has 204 valence electrons. The summed E-state index contributed by atoms with van der Waals surface area (Å²) >= 11 is 1.34. The number of nitrogens with one attached hydrogen (secondary N) is 3. The third-order valence-corrected chi connectivity index (χ3v) is 5.62. The minimum atomic E-state index is -1.69. The average Bonchev–Trinajstić information content (AvgIpc) is 2.80. The van der Waals surface area contributed by atoms with Crippen LogP contribution >= 0.6 is 11.8 Å². The second kappa shape index (κ2) is 15.3. The largest absolute Gasteiger partial charge is 0.508 e. The fraction of sp³-hybridized carbons (Fsp3) is 0.455. The molecule has 0 aliphatic rings. The highest BCUT2D eigenvalue weighted by Crippen LogP contribution is 2.12. The molecule has 0 saturated carbocycles. The molecule has 0 bridgehead atoms. The number of amides is 3. The van der Waals surface area contributed by atoms with E-state index in [-0.39, 0.29) is 18.6 Å². The Kier molecular flexibility index (Phi) is 12.9. The van der Waals surface area contributed by atoms with Gasteiger partial charge in [-0.15, -0.1) is 0 Å². The van der Waals surface area contributed by atoms with Gasteiger partial charge in [0, 0.05) is 6.42 Å². The van der Waals surface area contributed by atoms with Gasteiger partial charge >= 0.3 is 17.9 Å². The van der Waals surface area contributed by atoms with Crippen molar-refractivity contribution in [3.8, 4) is 5.75 Å². The normalized spacial score (nSPS) is 13.9. The molecule has 4 atom stereocenters. The third kappa shape index (κ3) is 11.6. The Morgan fingerprint density at radius 2 is 1.32 bits per heavy atom. The smallest absolute Gasteiger partial charge is 0.326 e. The van der Waals surface area contributed by atoms with Gasteiger partial charge in [-0.2, -0.15) is 11.8 Å². The van der Waals surface area contributed by atoms with Crippen molar-refractivity contribution in [1.29, 1.82) is 0 Å². The maximum atomic E-state index is 13.1. The van der Waals surface area contributed by atoms with Crippen molar-refractivity contribution in [2.45, 2.75) is 49.9 Å². The van der Waals surface area contributed by atoms with Crippen LogP contribution in [0.2, 0.25) is 0 Å². The van der Waals surface area contributed by atoms with Gasteiger partial charge in [0.05, 0.1) is 18.9 Å². The number of hydrogen-bond donors (Lipinski definition) is 8. The zero-order valence-corrected chi connectivity index (χ0v) is 20.7. The Bertz CT molecular complexity index is 988. The van der Waals surface area contributed by atoms with E-state index in [1.807, 2.05) is 0 Å². The van der Waals surface area contributed by atoms with Crippen LogP contribution in [0.4, 0.5) is 0 Å². The predicted octanol–water partition coefficient (Wildman–Crippen LogP) is -1.50. The molecule has 9 N–H and O–H groups in total. The standard InChI is InChI=1S/C22H30N4O10S/c1-37-7-6-14(22(35)36)24-21(34)16(10-18(30)31)26-20(33)15(8-11-2-4-12(27)5-3-11)25-19(32)13(23)9-17(28)29/h2-5,13-16,27H,6-10,23H2,1H3,(H,24,34)(H,25,32)(H,26,33)(H,28,29)(H,30,31)(H,35,36). The lowest BCUT2D eigenvalue weighted by Gasteiger charge is -2.24. The zero-order valence-electron chi connectivity index (χ0n) is 19.9. The quantitative estimate of drug-likeness (QED) is 0.119. The van der Waals surface area contributed by atoms with Gasteiger partial charge in [0.15, 0.2) is 0 Å². The van der Waals surface area contributed by atoms with E-state index in [1.165, 1.54) is 36.0 Å². The molecule has 0 aliphatic carbocycles. The van der Waals surface area contributed by atoms with Crippen molar-refractivity contribution in [1.82, 2.24) is 16.0 Å². The summed E-state index contributed by atoms with van der Waals surface area (Å²) in [7, 11) is 0. The van der Waals surface area contributed by atoms with Gasteiger partial charge < -0.3 is 42.1 Å². The Labute approximate surface area is 216 Å². The summed E-state index contributed by atoms with van der Waals surface area (Å²) in [6.45, 7) is 0. The number of carbonyl (C=O) groups is 6. The molecular formula is C22H30N4O10S. The topological polar surface area (TPSA) is 245 Å². The lowest BCUT2D eigenvalue weighted by molar-refractivity contribution is -0.143. The molecule has 1 rings (SSSR count). The van der Waals surface area contributed by atoms with Crippen LogP contribution in [-0.4, -0.2) is 92.2 Å². The number of benzene rings is 1. The molecule has 0 radical (unpaired) electrons. The number of aliphatic carboxylic acids is 3. The number of hydrogen-bond acceptors (Lipinski definition) is 9. The molecule has 1 aromatic carbocycles. The van der Waals surface area contributed by atoms with Crippen LogP contribution in [0.15, 0.2) is 24.3 Å². The van der Waals surface area contributed by atoms with Crippen LogP contribution in [0.5, 0.6) is 5.75 Å². The van der Waals surface area contributed by atoms with Crippen LogP contribution in [0.3, 0.4) is 0 Å². The van der Waals surface area contributed by atoms with E-state index < -0.39 is 72.6 Å². The molecule has 0 aliphatic heterocycles. The number of nitrogens with two attached hydrogens (primary N) is 1. The number of thioether (sulfide) groups is 1. The molecule has 14 nitrogen and oxygen atoms in total. The van der Waals surface area contributed by atoms with E-state index in [1.54, 1.807) is 6.26 Å². The zero-order chi connectivity index (χ0) is 28.1. The summed E-state index contributed by atoms with van der Waals surface area (Å²) in [6, 6.07) is -0.394. The molecule has 4 unspecified atom stereocenters. The lowest BCUT2D eigenvalue weighted by atomic mass is 10.0. The molecule has 37 heavy (non-hydrogen) atoms. The Balaban J connectivity index is 3.13. The first kappa shape index (κ1) is 31.2. The molecule has 0 spiro atoms. The summed E-state index contributed by atoms with van der Waals surface area (Å²) in [6.07, 6.45) is -0.0124. The average molecular weight is 543 g/mol. The molecule has 0 fully saturated rings. The van der Waals surface area contributed by atoms with E-state index in [2.05, 4.69) is 16.0 Å². The maximum Gasteiger partial charge on any atom is 0.326 e. The van der Waals surface area contributed by atoms with Gasteiger partial charge in [0.1, 0.15) is 23.9 Å². The van der Waals surface area contributed by atoms with Crippen molar-refractivity contribution >= 4 is 47.4 Å². The van der Waals surface area contributed by atoms with Crippen molar-refractivity contribution in [2.24, 2.45) is 5.73 Å². The number of carboxylic acids is 3. The summed E-state index contributed by atoms with van der Waals surface area (Å²) in [5, 5.41) is 43.6. The Hall–Kier alpha value is -3.85. The van der Waals surface area contributed by atoms with E-state index in [0.717, 1.165) is 0 Å². The number of rotatable bonds is 16. The van der Waals surface area contributed by atoms with Gasteiger partial charge in [-0.1, -0.05) is 12.1 Å². The Morgan fingerprint density at radius 3 is 1.84 bits per heavy atom. The SMILES string of the molecule is CSCCC(NC(=O)C(CC(=O)O)NC(=O)C(Cc1ccc(O)cc1)NC(=O)C(N)CC(=O)O)C(=O)O. The van der Waals surface area contributed by atoms with Gasteiger partial charge in [0.25, 0.3) is 0 Å². The first-order valence-electron chi connectivity index (χ1n) is 10.9. The van der Waals surface area contributed by atoms with Crippen LogP contribution < -0.4 is 21.7 Å². The second-order valence-corrected chi connectivity index (χ2v) is 8.96. The molecule has 15 heteroatoms. The van der Waals surface area contributed by atoms with Gasteiger partial charge in [-0.05, 0) is 36.1 Å². The van der Waals surface area contributed by atoms with Gasteiger partial charge in [-0.3, -0.25) is 24.0 Å². The highest BCUT2D eigenvalue weighted by molar-refractivity contribution is 7.98. The second-order valence-electron chi connectivity index (χ2n) is 7.98. The van der Waals surface area contributed by atoms with Crippen molar-refractivity contribution in [3.63, 3.8) is 0 Å². The summed E-state index contributed by atoms with van der Waals surface area (Å²) in [5.41, 5.74) is 6.01.